The largest absolute Gasteiger partial charge is 0.707 e. The van der Waals surface area contributed by atoms with Crippen molar-refractivity contribution in [1.82, 2.24) is 10.3 Å². The Morgan fingerprint density at radius 2 is 1.88 bits per heavy atom. The molecule has 9 heteroatoms. The van der Waals surface area contributed by atoms with Gasteiger partial charge in [0.05, 0.1) is 17.8 Å². The summed E-state index contributed by atoms with van der Waals surface area (Å²) in [7, 11) is -1.85. The van der Waals surface area contributed by atoms with Crippen molar-refractivity contribution in [2.24, 2.45) is 0 Å². The zero-order chi connectivity index (χ0) is 18.4. The van der Waals surface area contributed by atoms with Gasteiger partial charge in [0.15, 0.2) is 0 Å². The molecule has 24 heavy (non-hydrogen) atoms. The van der Waals surface area contributed by atoms with E-state index in [4.69, 9.17) is 29.7 Å². The van der Waals surface area contributed by atoms with Crippen LogP contribution in [-0.4, -0.2) is 63.5 Å². The summed E-state index contributed by atoms with van der Waals surface area (Å²) in [6.45, 7) is 8.35. The first-order valence-electron chi connectivity index (χ1n) is 7.77. The summed E-state index contributed by atoms with van der Waals surface area (Å²) in [5.74, 6) is 0.325. The van der Waals surface area contributed by atoms with Gasteiger partial charge in [-0.15, -0.1) is 0 Å². The van der Waals surface area contributed by atoms with Crippen molar-refractivity contribution in [3.05, 3.63) is 24.0 Å². The minimum absolute atomic E-state index is 0.219. The number of hydrogen-bond acceptors (Lipinski definition) is 8. The fraction of sp³-hybridized carbons (Fsp3) is 0.667. The molecule has 0 aliphatic carbocycles. The van der Waals surface area contributed by atoms with Crippen LogP contribution in [0.2, 0.25) is 0 Å². The summed E-state index contributed by atoms with van der Waals surface area (Å²) in [6, 6.07) is 3.29. The number of aliphatic hydroxyl groups is 2. The van der Waals surface area contributed by atoms with Crippen LogP contribution in [0.3, 0.4) is 0 Å². The molecule has 1 aliphatic heterocycles. The molecular formula is C15H27BN2O6. The first kappa shape index (κ1) is 20.8. The van der Waals surface area contributed by atoms with Gasteiger partial charge >= 0.3 is 7.32 Å². The SMILES string of the molecule is CC(C)(O)C(C)(C)O.OB(O)Oc1cccnc1C1CNCCO1. The number of hydrogen-bond donors (Lipinski definition) is 5. The molecule has 0 aromatic carbocycles. The maximum Gasteiger partial charge on any atom is 0.707 e. The highest BCUT2D eigenvalue weighted by atomic mass is 16.6. The Morgan fingerprint density at radius 1 is 1.25 bits per heavy atom. The van der Waals surface area contributed by atoms with E-state index in [0.29, 0.717) is 24.6 Å². The predicted molar refractivity (Wildman–Crippen MR) is 89.2 cm³/mol. The van der Waals surface area contributed by atoms with Crippen LogP contribution in [0.5, 0.6) is 5.75 Å². The standard InChI is InChI=1S/C9H13BN2O4.C6H14O2/c13-10(14)16-7-2-1-3-12-9(7)8-6-11-4-5-15-8;1-5(2,7)6(3,4)8/h1-3,8,11,13-14H,4-6H2;7-8H,1-4H3. The number of nitrogens with zero attached hydrogens (tertiary/aromatic N) is 1. The lowest BCUT2D eigenvalue weighted by atomic mass is 9.90. The Balaban J connectivity index is 0.000000307. The first-order chi connectivity index (χ1) is 11.0. The van der Waals surface area contributed by atoms with E-state index in [1.165, 1.54) is 0 Å². The van der Waals surface area contributed by atoms with Crippen LogP contribution in [0.1, 0.15) is 39.5 Å². The monoisotopic (exact) mass is 342 g/mol. The van der Waals surface area contributed by atoms with Crippen LogP contribution in [-0.2, 0) is 4.74 Å². The van der Waals surface area contributed by atoms with Crippen molar-refractivity contribution in [3.63, 3.8) is 0 Å². The topological polar surface area (TPSA) is 124 Å². The number of rotatable bonds is 4. The zero-order valence-corrected chi connectivity index (χ0v) is 14.6. The third kappa shape index (κ3) is 6.72. The van der Waals surface area contributed by atoms with E-state index in [1.54, 1.807) is 46.0 Å². The van der Waals surface area contributed by atoms with Gasteiger partial charge in [-0.25, -0.2) is 0 Å². The minimum atomic E-state index is -1.85. The number of aromatic nitrogens is 1. The summed E-state index contributed by atoms with van der Waals surface area (Å²) in [6.07, 6.45) is 1.40. The van der Waals surface area contributed by atoms with Gasteiger partial charge in [-0.1, -0.05) is 0 Å². The Morgan fingerprint density at radius 3 is 2.33 bits per heavy atom. The highest BCUT2D eigenvalue weighted by Gasteiger charge is 2.32. The molecule has 2 rings (SSSR count). The van der Waals surface area contributed by atoms with E-state index in [9.17, 15) is 0 Å². The minimum Gasteiger partial charge on any atom is -0.510 e. The average Bonchev–Trinajstić information content (AvgIpc) is 2.47. The average molecular weight is 342 g/mol. The Labute approximate surface area is 142 Å². The smallest absolute Gasteiger partial charge is 0.510 e. The van der Waals surface area contributed by atoms with E-state index >= 15 is 0 Å². The van der Waals surface area contributed by atoms with Crippen molar-refractivity contribution >= 4 is 7.32 Å². The number of pyridine rings is 1. The molecule has 0 spiro atoms. The van der Waals surface area contributed by atoms with Gasteiger partial charge in [-0.3, -0.25) is 4.98 Å². The van der Waals surface area contributed by atoms with Crippen LogP contribution in [0.4, 0.5) is 0 Å². The lowest BCUT2D eigenvalue weighted by molar-refractivity contribution is -0.107. The molecule has 1 saturated heterocycles. The first-order valence-corrected chi connectivity index (χ1v) is 7.77. The van der Waals surface area contributed by atoms with Crippen molar-refractivity contribution in [3.8, 4) is 5.75 Å². The molecule has 1 aliphatic rings. The second kappa shape index (κ2) is 8.75. The molecule has 5 N–H and O–H groups in total. The van der Waals surface area contributed by atoms with Gasteiger partial charge in [0.1, 0.15) is 17.5 Å². The molecule has 0 saturated carbocycles. The molecule has 1 atom stereocenters. The summed E-state index contributed by atoms with van der Waals surface area (Å²) in [5.41, 5.74) is -1.44. The highest BCUT2D eigenvalue weighted by molar-refractivity contribution is 6.33. The molecule has 1 unspecified atom stereocenters. The summed E-state index contributed by atoms with van der Waals surface area (Å²) in [4.78, 5) is 4.14. The van der Waals surface area contributed by atoms with Gasteiger partial charge in [-0.2, -0.15) is 0 Å². The van der Waals surface area contributed by atoms with E-state index in [2.05, 4.69) is 10.3 Å². The molecule has 8 nitrogen and oxygen atoms in total. The van der Waals surface area contributed by atoms with E-state index in [-0.39, 0.29) is 6.10 Å². The second-order valence-electron chi connectivity index (χ2n) is 6.51. The maximum atomic E-state index is 9.10. The van der Waals surface area contributed by atoms with Gasteiger partial charge in [-0.05, 0) is 39.8 Å². The lowest BCUT2D eigenvalue weighted by Gasteiger charge is -2.31. The van der Waals surface area contributed by atoms with E-state index in [1.807, 2.05) is 0 Å². The second-order valence-corrected chi connectivity index (χ2v) is 6.51. The summed E-state index contributed by atoms with van der Waals surface area (Å²) >= 11 is 0. The number of morpholine rings is 1. The van der Waals surface area contributed by atoms with Crippen LogP contribution in [0.25, 0.3) is 0 Å². The van der Waals surface area contributed by atoms with Crippen LogP contribution in [0, 0.1) is 0 Å². The van der Waals surface area contributed by atoms with Crippen molar-refractivity contribution < 1.29 is 29.7 Å². The van der Waals surface area contributed by atoms with Gasteiger partial charge in [0.2, 0.25) is 0 Å². The van der Waals surface area contributed by atoms with Gasteiger partial charge < -0.3 is 35.0 Å². The third-order valence-corrected chi connectivity index (χ3v) is 3.76. The molecule has 1 fully saturated rings. The van der Waals surface area contributed by atoms with Crippen LogP contribution in [0.15, 0.2) is 18.3 Å². The Bertz CT molecular complexity index is 483. The van der Waals surface area contributed by atoms with Crippen LogP contribution >= 0.6 is 0 Å². The number of nitrogens with one attached hydrogen (secondary N) is 1. The van der Waals surface area contributed by atoms with Crippen molar-refractivity contribution in [2.75, 3.05) is 19.7 Å². The van der Waals surface area contributed by atoms with Gasteiger partial charge in [0.25, 0.3) is 0 Å². The zero-order valence-electron chi connectivity index (χ0n) is 14.6. The molecule has 136 valence electrons. The third-order valence-electron chi connectivity index (χ3n) is 3.76. The predicted octanol–water partition coefficient (Wildman–Crippen LogP) is -0.381. The molecule has 0 amide bonds. The molecular weight excluding hydrogens is 315 g/mol. The number of ether oxygens (including phenoxy) is 1. The normalized spacial score (nSPS) is 18.4. The van der Waals surface area contributed by atoms with Crippen molar-refractivity contribution in [1.29, 1.82) is 0 Å². The lowest BCUT2D eigenvalue weighted by Crippen LogP contribution is -2.44. The van der Waals surface area contributed by atoms with E-state index in [0.717, 1.165) is 6.54 Å². The molecule has 2 heterocycles. The summed E-state index contributed by atoms with van der Waals surface area (Å²) < 4.78 is 10.4. The van der Waals surface area contributed by atoms with E-state index < -0.39 is 18.5 Å². The molecule has 1 aromatic rings. The molecule has 0 bridgehead atoms. The van der Waals surface area contributed by atoms with Crippen molar-refractivity contribution in [2.45, 2.75) is 45.0 Å². The van der Waals surface area contributed by atoms with Gasteiger partial charge in [0, 0.05) is 19.3 Å². The Hall–Kier alpha value is -1.23. The quantitative estimate of drug-likeness (QED) is 0.469. The Kier molecular flexibility index (Phi) is 7.59. The summed E-state index contributed by atoms with van der Waals surface area (Å²) in [5, 5.41) is 38.9. The highest BCUT2D eigenvalue weighted by Crippen LogP contribution is 2.26. The fourth-order valence-electron chi connectivity index (χ4n) is 1.60. The molecule has 0 radical (unpaired) electrons. The fourth-order valence-corrected chi connectivity index (χ4v) is 1.60. The molecule has 1 aromatic heterocycles. The van der Waals surface area contributed by atoms with Crippen LogP contribution < -0.4 is 9.97 Å². The maximum absolute atomic E-state index is 9.10.